The predicted octanol–water partition coefficient (Wildman–Crippen LogP) is 2.90. The van der Waals surface area contributed by atoms with Crippen LogP contribution in [0.5, 0.6) is 0 Å². The van der Waals surface area contributed by atoms with E-state index in [9.17, 15) is 0 Å². The van der Waals surface area contributed by atoms with Crippen LogP contribution in [-0.2, 0) is 0 Å². The Labute approximate surface area is 84.6 Å². The lowest BCUT2D eigenvalue weighted by Crippen LogP contribution is -2.02. The van der Waals surface area contributed by atoms with Crippen molar-refractivity contribution in [1.82, 2.24) is 9.97 Å². The molecule has 1 aromatic rings. The normalized spacial score (nSPS) is 8.69. The number of halogens is 1. The van der Waals surface area contributed by atoms with Crippen molar-refractivity contribution < 1.29 is 0 Å². The van der Waals surface area contributed by atoms with Gasteiger partial charge in [-0.2, -0.15) is 0 Å². The molecule has 0 fully saturated rings. The third-order valence-corrected chi connectivity index (χ3v) is 1.47. The Hall–Kier alpha value is -0.830. The molecule has 0 atom stereocenters. The summed E-state index contributed by atoms with van der Waals surface area (Å²) in [4.78, 5) is 7.84. The summed E-state index contributed by atoms with van der Waals surface area (Å²) >= 11 is 5.59. The van der Waals surface area contributed by atoms with Gasteiger partial charge < -0.3 is 5.32 Å². The van der Waals surface area contributed by atoms with Gasteiger partial charge in [-0.05, 0) is 25.4 Å². The van der Waals surface area contributed by atoms with Crippen LogP contribution < -0.4 is 5.32 Å². The minimum atomic E-state index is 0.284. The molecule has 0 saturated carbocycles. The van der Waals surface area contributed by atoms with E-state index in [1.807, 2.05) is 27.7 Å². The predicted molar refractivity (Wildman–Crippen MR) is 57.3 cm³/mol. The number of hydrogen-bond donors (Lipinski definition) is 1. The Morgan fingerprint density at radius 3 is 2.62 bits per heavy atom. The number of aromatic nitrogens is 2. The van der Waals surface area contributed by atoms with Crippen molar-refractivity contribution in [3.8, 4) is 0 Å². The van der Waals surface area contributed by atoms with E-state index in [1.54, 1.807) is 6.20 Å². The van der Waals surface area contributed by atoms with Gasteiger partial charge in [0.1, 0.15) is 5.82 Å². The van der Waals surface area contributed by atoms with Crippen LogP contribution in [0, 0.1) is 6.92 Å². The molecule has 1 heterocycles. The Morgan fingerprint density at radius 1 is 1.46 bits per heavy atom. The van der Waals surface area contributed by atoms with Crippen molar-refractivity contribution in [3.63, 3.8) is 0 Å². The molecule has 0 spiro atoms. The minimum Gasteiger partial charge on any atom is -0.370 e. The van der Waals surface area contributed by atoms with Crippen molar-refractivity contribution >= 4 is 17.4 Å². The van der Waals surface area contributed by atoms with Crippen LogP contribution in [0.15, 0.2) is 6.20 Å². The van der Waals surface area contributed by atoms with E-state index < -0.39 is 0 Å². The highest BCUT2D eigenvalue weighted by Gasteiger charge is 1.98. The van der Waals surface area contributed by atoms with Crippen LogP contribution in [-0.4, -0.2) is 16.5 Å². The first-order valence-corrected chi connectivity index (χ1v) is 4.85. The zero-order chi connectivity index (χ0) is 10.3. The second-order valence-corrected chi connectivity index (χ2v) is 2.54. The van der Waals surface area contributed by atoms with Gasteiger partial charge in [-0.1, -0.05) is 13.8 Å². The van der Waals surface area contributed by atoms with Gasteiger partial charge in [0.2, 0.25) is 5.28 Å². The summed E-state index contributed by atoms with van der Waals surface area (Å²) in [6.45, 7) is 8.79. The number of nitrogens with one attached hydrogen (secondary N) is 1. The fourth-order valence-electron chi connectivity index (χ4n) is 0.767. The Morgan fingerprint density at radius 2 is 2.08 bits per heavy atom. The third-order valence-electron chi connectivity index (χ3n) is 1.29. The lowest BCUT2D eigenvalue weighted by Gasteiger charge is -2.04. The smallest absolute Gasteiger partial charge is 0.224 e. The summed E-state index contributed by atoms with van der Waals surface area (Å²) in [5.74, 6) is 0.813. The minimum absolute atomic E-state index is 0.284. The van der Waals surface area contributed by atoms with Crippen LogP contribution in [0.2, 0.25) is 5.28 Å². The molecule has 1 rings (SSSR count). The van der Waals surface area contributed by atoms with E-state index in [1.165, 1.54) is 0 Å². The van der Waals surface area contributed by atoms with Crippen molar-refractivity contribution in [2.45, 2.75) is 27.7 Å². The largest absolute Gasteiger partial charge is 0.370 e. The summed E-state index contributed by atoms with van der Waals surface area (Å²) in [5.41, 5.74) is 1.01. The van der Waals surface area contributed by atoms with Gasteiger partial charge in [0.15, 0.2) is 0 Å². The number of nitrogens with zero attached hydrogens (tertiary/aromatic N) is 2. The van der Waals surface area contributed by atoms with E-state index in [0.29, 0.717) is 0 Å². The van der Waals surface area contributed by atoms with Crippen LogP contribution in [0.1, 0.15) is 26.3 Å². The van der Waals surface area contributed by atoms with Crippen molar-refractivity contribution in [2.75, 3.05) is 11.9 Å². The summed E-state index contributed by atoms with van der Waals surface area (Å²) in [6, 6.07) is 0. The highest BCUT2D eigenvalue weighted by molar-refractivity contribution is 6.28. The highest BCUT2D eigenvalue weighted by Crippen LogP contribution is 2.11. The molecule has 0 bridgehead atoms. The second-order valence-electron chi connectivity index (χ2n) is 2.20. The van der Waals surface area contributed by atoms with E-state index >= 15 is 0 Å². The number of hydrogen-bond acceptors (Lipinski definition) is 3. The summed E-state index contributed by atoms with van der Waals surface area (Å²) in [6.07, 6.45) is 1.70. The monoisotopic (exact) mass is 201 g/mol. The fourth-order valence-corrected chi connectivity index (χ4v) is 0.900. The molecule has 0 aliphatic rings. The SMILES string of the molecule is CC.CCNc1nc(Cl)ncc1C. The van der Waals surface area contributed by atoms with Gasteiger partial charge in [-0.25, -0.2) is 9.97 Å². The molecule has 0 unspecified atom stereocenters. The quantitative estimate of drug-likeness (QED) is 0.748. The first-order valence-electron chi connectivity index (χ1n) is 4.47. The molecule has 4 heteroatoms. The topological polar surface area (TPSA) is 37.8 Å². The average molecular weight is 202 g/mol. The lowest BCUT2D eigenvalue weighted by molar-refractivity contribution is 1.08. The first-order chi connectivity index (χ1) is 6.24. The average Bonchev–Trinajstić information content (AvgIpc) is 2.15. The summed E-state index contributed by atoms with van der Waals surface area (Å²) in [5, 5.41) is 3.36. The van der Waals surface area contributed by atoms with Crippen molar-refractivity contribution in [1.29, 1.82) is 0 Å². The molecule has 0 amide bonds. The highest BCUT2D eigenvalue weighted by atomic mass is 35.5. The number of aryl methyl sites for hydroxylation is 1. The molecule has 13 heavy (non-hydrogen) atoms. The van der Waals surface area contributed by atoms with E-state index in [2.05, 4.69) is 15.3 Å². The van der Waals surface area contributed by atoms with E-state index in [4.69, 9.17) is 11.6 Å². The van der Waals surface area contributed by atoms with Crippen LogP contribution in [0.4, 0.5) is 5.82 Å². The van der Waals surface area contributed by atoms with Gasteiger partial charge in [0, 0.05) is 18.3 Å². The van der Waals surface area contributed by atoms with Gasteiger partial charge >= 0.3 is 0 Å². The Balaban J connectivity index is 0.000000671. The summed E-state index contributed by atoms with van der Waals surface area (Å²) in [7, 11) is 0. The molecule has 0 radical (unpaired) electrons. The molecule has 0 aromatic carbocycles. The van der Waals surface area contributed by atoms with Crippen molar-refractivity contribution in [2.24, 2.45) is 0 Å². The van der Waals surface area contributed by atoms with Gasteiger partial charge in [-0.3, -0.25) is 0 Å². The number of rotatable bonds is 2. The molecular formula is C9H16ClN3. The van der Waals surface area contributed by atoms with E-state index in [0.717, 1.165) is 17.9 Å². The van der Waals surface area contributed by atoms with Crippen molar-refractivity contribution in [3.05, 3.63) is 17.0 Å². The van der Waals surface area contributed by atoms with Crippen LogP contribution in [0.3, 0.4) is 0 Å². The lowest BCUT2D eigenvalue weighted by atomic mass is 10.3. The second kappa shape index (κ2) is 6.66. The first kappa shape index (κ1) is 12.2. The Bertz CT molecular complexity index is 251. The Kier molecular flexibility index (Phi) is 6.24. The van der Waals surface area contributed by atoms with Gasteiger partial charge in [0.05, 0.1) is 0 Å². The summed E-state index contributed by atoms with van der Waals surface area (Å²) < 4.78 is 0. The zero-order valence-electron chi connectivity index (χ0n) is 8.56. The molecule has 0 aliphatic heterocycles. The standard InChI is InChI=1S/C7H10ClN3.C2H6/c1-3-9-6-5(2)4-10-7(8)11-6;1-2/h4H,3H2,1-2H3,(H,9,10,11);1-2H3. The molecule has 1 aromatic heterocycles. The molecule has 3 nitrogen and oxygen atoms in total. The maximum Gasteiger partial charge on any atom is 0.224 e. The van der Waals surface area contributed by atoms with Gasteiger partial charge in [0.25, 0.3) is 0 Å². The molecule has 1 N–H and O–H groups in total. The van der Waals surface area contributed by atoms with Crippen LogP contribution >= 0.6 is 11.6 Å². The third kappa shape index (κ3) is 4.08. The number of anilines is 1. The zero-order valence-corrected chi connectivity index (χ0v) is 9.31. The van der Waals surface area contributed by atoms with E-state index in [-0.39, 0.29) is 5.28 Å². The fraction of sp³-hybridized carbons (Fsp3) is 0.556. The maximum atomic E-state index is 5.59. The maximum absolute atomic E-state index is 5.59. The molecular weight excluding hydrogens is 186 g/mol. The van der Waals surface area contributed by atoms with Crippen LogP contribution in [0.25, 0.3) is 0 Å². The molecule has 74 valence electrons. The molecule has 0 saturated heterocycles. The van der Waals surface area contributed by atoms with Gasteiger partial charge in [-0.15, -0.1) is 0 Å². The molecule has 0 aliphatic carbocycles.